The molecule has 0 radical (unpaired) electrons. The summed E-state index contributed by atoms with van der Waals surface area (Å²) < 4.78 is 2.15. The van der Waals surface area contributed by atoms with Crippen molar-refractivity contribution in [1.29, 1.82) is 0 Å². The molecule has 2 saturated heterocycles. The SMILES string of the molecule is OC1C[C@H]2CC[C@@H](C1)N2Cc1cc2n(n1)CCNC2. The molecule has 2 bridgehead atoms. The van der Waals surface area contributed by atoms with Crippen molar-refractivity contribution < 1.29 is 5.11 Å². The van der Waals surface area contributed by atoms with E-state index in [-0.39, 0.29) is 6.10 Å². The number of aliphatic hydroxyl groups excluding tert-OH is 1. The van der Waals surface area contributed by atoms with Gasteiger partial charge in [-0.1, -0.05) is 0 Å². The molecule has 1 aromatic heterocycles. The van der Waals surface area contributed by atoms with E-state index in [0.717, 1.165) is 39.0 Å². The van der Waals surface area contributed by atoms with Gasteiger partial charge >= 0.3 is 0 Å². The molecule has 0 aromatic carbocycles. The van der Waals surface area contributed by atoms with Crippen LogP contribution in [0.25, 0.3) is 0 Å². The van der Waals surface area contributed by atoms with Gasteiger partial charge in [0.2, 0.25) is 0 Å². The van der Waals surface area contributed by atoms with Crippen LogP contribution in [0.5, 0.6) is 0 Å². The Hall–Kier alpha value is -0.910. The van der Waals surface area contributed by atoms with Gasteiger partial charge < -0.3 is 10.4 Å². The van der Waals surface area contributed by atoms with Gasteiger partial charge in [0, 0.05) is 31.7 Å². The van der Waals surface area contributed by atoms with Gasteiger partial charge in [-0.05, 0) is 31.7 Å². The summed E-state index contributed by atoms with van der Waals surface area (Å²) in [7, 11) is 0. The molecule has 0 amide bonds. The third-order valence-corrected chi connectivity index (χ3v) is 4.92. The van der Waals surface area contributed by atoms with Crippen molar-refractivity contribution in [2.45, 2.75) is 63.5 Å². The van der Waals surface area contributed by atoms with Gasteiger partial charge in [-0.25, -0.2) is 0 Å². The summed E-state index contributed by atoms with van der Waals surface area (Å²) in [6.07, 6.45) is 4.32. The standard InChI is InChI=1S/C14H22N4O/c19-14-6-11-1-2-12(7-14)17(11)9-10-5-13-8-15-3-4-18(13)16-10/h5,11-12,14-15,19H,1-4,6-9H2/t11-,12+,14?. The molecule has 19 heavy (non-hydrogen) atoms. The lowest BCUT2D eigenvalue weighted by molar-refractivity contribution is 0.0303. The average Bonchev–Trinajstić information content (AvgIpc) is 2.90. The van der Waals surface area contributed by atoms with E-state index in [1.54, 1.807) is 0 Å². The number of fused-ring (bicyclic) bond motifs is 3. The zero-order valence-corrected chi connectivity index (χ0v) is 11.3. The van der Waals surface area contributed by atoms with Crippen molar-refractivity contribution in [3.63, 3.8) is 0 Å². The highest BCUT2D eigenvalue weighted by atomic mass is 16.3. The smallest absolute Gasteiger partial charge is 0.0768 e. The maximum atomic E-state index is 9.85. The Balaban J connectivity index is 1.51. The van der Waals surface area contributed by atoms with Gasteiger partial charge in [-0.2, -0.15) is 5.10 Å². The van der Waals surface area contributed by atoms with Crippen molar-refractivity contribution in [2.24, 2.45) is 0 Å². The van der Waals surface area contributed by atoms with E-state index in [2.05, 4.69) is 21.0 Å². The van der Waals surface area contributed by atoms with Crippen LogP contribution in [0.1, 0.15) is 37.1 Å². The van der Waals surface area contributed by atoms with Crippen LogP contribution in [0.4, 0.5) is 0 Å². The van der Waals surface area contributed by atoms with Crippen molar-refractivity contribution in [1.82, 2.24) is 20.0 Å². The van der Waals surface area contributed by atoms with E-state index in [9.17, 15) is 5.11 Å². The Bertz CT molecular complexity index is 435. The minimum absolute atomic E-state index is 0.0758. The largest absolute Gasteiger partial charge is 0.393 e. The van der Waals surface area contributed by atoms with Gasteiger partial charge in [-0.3, -0.25) is 9.58 Å². The second-order valence-corrected chi connectivity index (χ2v) is 6.21. The number of nitrogens with one attached hydrogen (secondary N) is 1. The molecule has 1 aromatic rings. The molecule has 0 aliphatic carbocycles. The second-order valence-electron chi connectivity index (χ2n) is 6.21. The monoisotopic (exact) mass is 262 g/mol. The number of aromatic nitrogens is 2. The average molecular weight is 262 g/mol. The number of nitrogens with zero attached hydrogens (tertiary/aromatic N) is 3. The molecule has 3 aliphatic rings. The van der Waals surface area contributed by atoms with Crippen LogP contribution in [0, 0.1) is 0 Å². The maximum absolute atomic E-state index is 9.85. The first-order valence-electron chi connectivity index (χ1n) is 7.50. The van der Waals surface area contributed by atoms with Gasteiger partial charge in [0.05, 0.1) is 24.0 Å². The molecule has 0 spiro atoms. The molecular formula is C14H22N4O. The lowest BCUT2D eigenvalue weighted by atomic mass is 10.00. The maximum Gasteiger partial charge on any atom is 0.0768 e. The Kier molecular flexibility index (Phi) is 2.86. The molecule has 2 fully saturated rings. The third kappa shape index (κ3) is 2.10. The first-order chi connectivity index (χ1) is 9.29. The van der Waals surface area contributed by atoms with Crippen LogP contribution >= 0.6 is 0 Å². The summed E-state index contributed by atoms with van der Waals surface area (Å²) in [5.74, 6) is 0. The predicted molar refractivity (Wildman–Crippen MR) is 71.5 cm³/mol. The molecule has 1 unspecified atom stereocenters. The van der Waals surface area contributed by atoms with Crippen LogP contribution in [-0.4, -0.2) is 44.5 Å². The van der Waals surface area contributed by atoms with Crippen LogP contribution in [0.2, 0.25) is 0 Å². The van der Waals surface area contributed by atoms with E-state index in [1.165, 1.54) is 24.2 Å². The van der Waals surface area contributed by atoms with E-state index in [1.807, 2.05) is 0 Å². The Labute approximate surface area is 113 Å². The highest BCUT2D eigenvalue weighted by molar-refractivity contribution is 5.13. The van der Waals surface area contributed by atoms with E-state index in [0.29, 0.717) is 12.1 Å². The summed E-state index contributed by atoms with van der Waals surface area (Å²) in [4.78, 5) is 2.58. The molecule has 4 rings (SSSR count). The Morgan fingerprint density at radius 1 is 1.32 bits per heavy atom. The molecule has 5 heteroatoms. The summed E-state index contributed by atoms with van der Waals surface area (Å²) in [5, 5.41) is 18.0. The topological polar surface area (TPSA) is 53.3 Å². The molecule has 5 nitrogen and oxygen atoms in total. The summed E-state index contributed by atoms with van der Waals surface area (Å²) >= 11 is 0. The first-order valence-corrected chi connectivity index (χ1v) is 7.50. The normalized spacial score (nSPS) is 34.5. The number of piperidine rings is 1. The van der Waals surface area contributed by atoms with Crippen molar-refractivity contribution >= 4 is 0 Å². The van der Waals surface area contributed by atoms with E-state index < -0.39 is 0 Å². The summed E-state index contributed by atoms with van der Waals surface area (Å²) in [5.41, 5.74) is 2.51. The van der Waals surface area contributed by atoms with E-state index >= 15 is 0 Å². The highest BCUT2D eigenvalue weighted by Crippen LogP contribution is 2.36. The second kappa shape index (κ2) is 4.58. The van der Waals surface area contributed by atoms with E-state index in [4.69, 9.17) is 5.10 Å². The summed E-state index contributed by atoms with van der Waals surface area (Å²) in [6, 6.07) is 3.40. The minimum atomic E-state index is -0.0758. The molecule has 0 saturated carbocycles. The fraction of sp³-hybridized carbons (Fsp3) is 0.786. The fourth-order valence-corrected chi connectivity index (χ4v) is 4.02. The predicted octanol–water partition coefficient (Wildman–Crippen LogP) is 0.474. The summed E-state index contributed by atoms with van der Waals surface area (Å²) in [6.45, 7) is 3.91. The number of hydrogen-bond acceptors (Lipinski definition) is 4. The number of rotatable bonds is 2. The molecule has 104 valence electrons. The van der Waals surface area contributed by atoms with Crippen LogP contribution in [-0.2, 0) is 19.6 Å². The zero-order valence-electron chi connectivity index (χ0n) is 11.3. The third-order valence-electron chi connectivity index (χ3n) is 4.92. The molecule has 2 N–H and O–H groups in total. The van der Waals surface area contributed by atoms with Crippen molar-refractivity contribution in [2.75, 3.05) is 6.54 Å². The zero-order chi connectivity index (χ0) is 12.8. The highest BCUT2D eigenvalue weighted by Gasteiger charge is 2.40. The van der Waals surface area contributed by atoms with Gasteiger partial charge in [0.15, 0.2) is 0 Å². The van der Waals surface area contributed by atoms with Gasteiger partial charge in [0.25, 0.3) is 0 Å². The quantitative estimate of drug-likeness (QED) is 0.814. The van der Waals surface area contributed by atoms with Crippen molar-refractivity contribution in [3.8, 4) is 0 Å². The fourth-order valence-electron chi connectivity index (χ4n) is 4.02. The Morgan fingerprint density at radius 2 is 2.11 bits per heavy atom. The first kappa shape index (κ1) is 11.9. The lowest BCUT2D eigenvalue weighted by Gasteiger charge is -2.36. The lowest BCUT2D eigenvalue weighted by Crippen LogP contribution is -2.44. The molecule has 3 atom stereocenters. The number of hydrogen-bond donors (Lipinski definition) is 2. The van der Waals surface area contributed by atoms with Crippen LogP contribution in [0.15, 0.2) is 6.07 Å². The minimum Gasteiger partial charge on any atom is -0.393 e. The molecule has 3 aliphatic heterocycles. The molecular weight excluding hydrogens is 240 g/mol. The molecule has 4 heterocycles. The van der Waals surface area contributed by atoms with Crippen LogP contribution < -0.4 is 5.32 Å². The number of aliphatic hydroxyl groups is 1. The van der Waals surface area contributed by atoms with Gasteiger partial charge in [0.1, 0.15) is 0 Å². The van der Waals surface area contributed by atoms with Crippen molar-refractivity contribution in [3.05, 3.63) is 17.5 Å². The van der Waals surface area contributed by atoms with Crippen LogP contribution in [0.3, 0.4) is 0 Å². The Morgan fingerprint density at radius 3 is 2.84 bits per heavy atom. The van der Waals surface area contributed by atoms with Gasteiger partial charge in [-0.15, -0.1) is 0 Å².